The molecule has 4 aromatic rings. The van der Waals surface area contributed by atoms with E-state index in [1.807, 2.05) is 0 Å². The minimum atomic E-state index is -4.80. The molecule has 0 aliphatic carbocycles. The number of esters is 2. The lowest BCUT2D eigenvalue weighted by Crippen LogP contribution is -2.42. The summed E-state index contributed by atoms with van der Waals surface area (Å²) in [6.45, 7) is 0.448. The molecule has 1 fully saturated rings. The van der Waals surface area contributed by atoms with Gasteiger partial charge in [-0.1, -0.05) is 48.5 Å². The van der Waals surface area contributed by atoms with E-state index in [0.29, 0.717) is 25.2 Å². The van der Waals surface area contributed by atoms with Crippen molar-refractivity contribution in [2.24, 2.45) is 0 Å². The predicted molar refractivity (Wildman–Crippen MR) is 197 cm³/mol. The quantitative estimate of drug-likeness (QED) is 0.0373. The summed E-state index contributed by atoms with van der Waals surface area (Å²) in [5, 5.41) is 0. The van der Waals surface area contributed by atoms with Gasteiger partial charge in [0, 0.05) is 19.4 Å². The van der Waals surface area contributed by atoms with Crippen LogP contribution in [0.25, 0.3) is 0 Å². The van der Waals surface area contributed by atoms with Crippen LogP contribution in [0.5, 0.6) is 5.75 Å². The summed E-state index contributed by atoms with van der Waals surface area (Å²) in [5.41, 5.74) is -0.755. The molecule has 0 radical (unpaired) electrons. The fourth-order valence-electron chi connectivity index (χ4n) is 5.33. The number of nitrogens with zero attached hydrogens (tertiary/aromatic N) is 1. The molecular weight excluding hydrogens is 771 g/mol. The number of benzene rings is 3. The lowest BCUT2D eigenvalue weighted by atomic mass is 10.1. The van der Waals surface area contributed by atoms with E-state index in [9.17, 15) is 28.5 Å². The van der Waals surface area contributed by atoms with Gasteiger partial charge in [-0.25, -0.2) is 18.9 Å². The number of aromatic amines is 1. The van der Waals surface area contributed by atoms with Crippen LogP contribution in [-0.2, 0) is 58.2 Å². The van der Waals surface area contributed by atoms with Crippen molar-refractivity contribution in [2.45, 2.75) is 31.1 Å². The van der Waals surface area contributed by atoms with Gasteiger partial charge >= 0.3 is 25.5 Å². The topological polar surface area (TPSA) is 215 Å². The van der Waals surface area contributed by atoms with E-state index in [0.717, 1.165) is 16.8 Å². The largest absolute Gasteiger partial charge is 0.530 e. The normalized spacial score (nSPS) is 18.6. The van der Waals surface area contributed by atoms with Crippen LogP contribution >= 0.6 is 7.82 Å². The molecule has 19 heteroatoms. The number of carbonyl (C=O) groups excluding carboxylic acids is 3. The average Bonchev–Trinajstić information content (AvgIpc) is 3.54. The Labute approximate surface area is 326 Å². The Morgan fingerprint density at radius 3 is 2.07 bits per heavy atom. The van der Waals surface area contributed by atoms with Crippen LogP contribution in [0.4, 0.5) is 0 Å². The van der Waals surface area contributed by atoms with Gasteiger partial charge in [-0.3, -0.25) is 28.2 Å². The van der Waals surface area contributed by atoms with Crippen molar-refractivity contribution in [1.82, 2.24) is 9.55 Å². The van der Waals surface area contributed by atoms with Crippen molar-refractivity contribution in [3.05, 3.63) is 135 Å². The fourth-order valence-corrected chi connectivity index (χ4v) is 6.72. The number of phosphoric acid groups is 1. The highest BCUT2D eigenvalue weighted by Crippen LogP contribution is 2.53. The molecular formula is C38H41N2O16P. The second-order valence-electron chi connectivity index (χ2n) is 12.0. The van der Waals surface area contributed by atoms with Crippen LogP contribution in [0.15, 0.2) is 107 Å². The average molecular weight is 813 g/mol. The Balaban J connectivity index is 1.47. The summed E-state index contributed by atoms with van der Waals surface area (Å²) in [7, 11) is -3.25. The molecule has 5 rings (SSSR count). The Bertz CT molecular complexity index is 2040. The molecule has 5 atom stereocenters. The number of hydrogen-bond acceptors (Lipinski definition) is 16. The van der Waals surface area contributed by atoms with E-state index in [1.54, 1.807) is 55.6 Å². The molecule has 3 aromatic carbocycles. The van der Waals surface area contributed by atoms with Gasteiger partial charge in [-0.15, -0.1) is 0 Å². The van der Waals surface area contributed by atoms with E-state index >= 15 is 0 Å². The smallest absolute Gasteiger partial charge is 0.463 e. The maximum Gasteiger partial charge on any atom is 0.530 e. The lowest BCUT2D eigenvalue weighted by molar-refractivity contribution is -0.129. The maximum atomic E-state index is 14.7. The van der Waals surface area contributed by atoms with Crippen molar-refractivity contribution in [2.75, 3.05) is 53.4 Å². The first-order valence-corrected chi connectivity index (χ1v) is 19.0. The second kappa shape index (κ2) is 21.7. The molecule has 57 heavy (non-hydrogen) atoms. The van der Waals surface area contributed by atoms with E-state index in [-0.39, 0.29) is 49.9 Å². The van der Waals surface area contributed by atoms with E-state index < -0.39 is 62.2 Å². The molecule has 0 spiro atoms. The number of phosphoric ester groups is 1. The van der Waals surface area contributed by atoms with Crippen molar-refractivity contribution < 1.29 is 65.7 Å². The Hall–Kier alpha value is -5.46. The molecule has 0 bridgehead atoms. The van der Waals surface area contributed by atoms with Gasteiger partial charge in [0.15, 0.2) is 12.3 Å². The van der Waals surface area contributed by atoms with Crippen LogP contribution in [0.2, 0.25) is 0 Å². The van der Waals surface area contributed by atoms with Gasteiger partial charge in [-0.2, -0.15) is 0 Å². The number of aromatic nitrogens is 2. The third-order valence-electron chi connectivity index (χ3n) is 8.04. The minimum Gasteiger partial charge on any atom is -0.463 e. The van der Waals surface area contributed by atoms with Gasteiger partial charge in [0.05, 0.1) is 50.8 Å². The van der Waals surface area contributed by atoms with Crippen molar-refractivity contribution in [1.29, 1.82) is 0 Å². The van der Waals surface area contributed by atoms with Gasteiger partial charge in [-0.05, 0) is 42.0 Å². The van der Waals surface area contributed by atoms with Gasteiger partial charge < -0.3 is 37.7 Å². The number of carbonyl (C=O) groups is 3. The van der Waals surface area contributed by atoms with Crippen LogP contribution in [0.3, 0.4) is 0 Å². The lowest BCUT2D eigenvalue weighted by Gasteiger charge is -2.28. The number of H-pyrrole nitrogens is 1. The predicted octanol–water partition coefficient (Wildman–Crippen LogP) is 3.46. The molecule has 18 nitrogen and oxygen atoms in total. The first-order chi connectivity index (χ1) is 27.7. The number of hydrogen-bond donors (Lipinski definition) is 1. The molecule has 0 saturated carbocycles. The molecule has 3 unspecified atom stereocenters. The Morgan fingerprint density at radius 2 is 1.44 bits per heavy atom. The summed E-state index contributed by atoms with van der Waals surface area (Å²) < 4.78 is 71.7. The van der Waals surface area contributed by atoms with Crippen LogP contribution in [0, 0.1) is 0 Å². The molecule has 0 amide bonds. The summed E-state index contributed by atoms with van der Waals surface area (Å²) >= 11 is 0. The molecule has 1 aliphatic heterocycles. The van der Waals surface area contributed by atoms with Crippen molar-refractivity contribution in [3.63, 3.8) is 0 Å². The van der Waals surface area contributed by atoms with Gasteiger partial charge in [0.25, 0.3) is 12.0 Å². The second-order valence-corrected chi connectivity index (χ2v) is 13.5. The highest BCUT2D eigenvalue weighted by Gasteiger charge is 2.53. The Morgan fingerprint density at radius 1 is 0.807 bits per heavy atom. The van der Waals surface area contributed by atoms with Gasteiger partial charge in [0.2, 0.25) is 0 Å². The number of methoxy groups -OCH3 is 1. The van der Waals surface area contributed by atoms with Gasteiger partial charge in [0.1, 0.15) is 31.2 Å². The van der Waals surface area contributed by atoms with E-state index in [4.69, 9.17) is 46.7 Å². The minimum absolute atomic E-state index is 0.00199. The maximum absolute atomic E-state index is 14.7. The summed E-state index contributed by atoms with van der Waals surface area (Å²) in [6.07, 6.45) is -5.03. The molecule has 1 saturated heterocycles. The third kappa shape index (κ3) is 12.8. The zero-order valence-electron chi connectivity index (χ0n) is 30.7. The van der Waals surface area contributed by atoms with Crippen LogP contribution in [0.1, 0.15) is 32.5 Å². The molecule has 304 valence electrons. The summed E-state index contributed by atoms with van der Waals surface area (Å²) in [5.74, 6) is -1.64. The third-order valence-corrected chi connectivity index (χ3v) is 9.48. The van der Waals surface area contributed by atoms with Crippen LogP contribution in [-0.4, -0.2) is 99.6 Å². The standard InChI is InChI=1S/C38H41N2O16P/c1-47-18-19-48-20-21-49-22-23-52-57(46,55-30-14-12-27(13-15-30)24-50-26-41)56-33-31(25-51-36(43)28-8-4-2-5-9-28)53-35(40-17-16-32(42)39-38(40)45)34(33)54-37(44)29-10-6-3-7-11-29/h2-17,26,31,33-35H,18-25H2,1H3,(H,39,42,45)/t31-,33?,34?,35-,57?/m1/s1. The number of nitrogens with one attached hydrogen (secondary N) is 1. The fraction of sp³-hybridized carbons (Fsp3) is 0.342. The van der Waals surface area contributed by atoms with Crippen LogP contribution < -0.4 is 15.8 Å². The van der Waals surface area contributed by atoms with Crippen molar-refractivity contribution >= 4 is 26.2 Å². The highest BCUT2D eigenvalue weighted by atomic mass is 31.2. The molecule has 1 aromatic heterocycles. The molecule has 2 heterocycles. The van der Waals surface area contributed by atoms with E-state index in [1.165, 1.54) is 36.4 Å². The molecule has 1 aliphatic rings. The Kier molecular flexibility index (Phi) is 16.3. The number of rotatable bonds is 23. The zero-order chi connectivity index (χ0) is 40.5. The first kappa shape index (κ1) is 42.7. The SMILES string of the molecule is COCCOCCOCCOP(=O)(Oc1ccc(COC=O)cc1)OC1C(OC(=O)c2ccccc2)[C@H](n2ccc(=O)[nH]c2=O)O[C@@H]1COC(=O)c1ccccc1. The molecule has 1 N–H and O–H groups in total. The monoisotopic (exact) mass is 812 g/mol. The zero-order valence-corrected chi connectivity index (χ0v) is 31.6. The van der Waals surface area contributed by atoms with Crippen molar-refractivity contribution in [3.8, 4) is 5.75 Å². The van der Waals surface area contributed by atoms with E-state index in [2.05, 4.69) is 4.98 Å². The number of ether oxygens (including phenoxy) is 7. The summed E-state index contributed by atoms with van der Waals surface area (Å²) in [4.78, 5) is 64.6. The first-order valence-electron chi connectivity index (χ1n) is 17.6. The summed E-state index contributed by atoms with van der Waals surface area (Å²) in [6, 6.07) is 22.9. The highest BCUT2D eigenvalue weighted by molar-refractivity contribution is 7.49.